The molecule has 43 heavy (non-hydrogen) atoms. The molecule has 1 heterocycles. The third kappa shape index (κ3) is 13.5. The zero-order chi connectivity index (χ0) is 31.6. The van der Waals surface area contributed by atoms with Gasteiger partial charge >= 0.3 is 17.9 Å². The normalized spacial score (nSPS) is 9.37. The van der Waals surface area contributed by atoms with Gasteiger partial charge in [0, 0.05) is 0 Å². The van der Waals surface area contributed by atoms with Gasteiger partial charge in [-0.05, 0) is 71.7 Å². The summed E-state index contributed by atoms with van der Waals surface area (Å²) in [5.41, 5.74) is 1.66. The highest BCUT2D eigenvalue weighted by atomic mass is 35.5. The monoisotopic (exact) mass is 640 g/mol. The van der Waals surface area contributed by atoms with Crippen molar-refractivity contribution in [2.45, 2.75) is 0 Å². The summed E-state index contributed by atoms with van der Waals surface area (Å²) >= 11 is 17.2. The van der Waals surface area contributed by atoms with E-state index in [-0.39, 0.29) is 16.5 Å². The molecule has 4 N–H and O–H groups in total. The molecule has 0 aliphatic rings. The Kier molecular flexibility index (Phi) is 14.6. The number of aromatic carboxylic acids is 3. The number of carbonyl (C=O) groups is 3. The summed E-state index contributed by atoms with van der Waals surface area (Å²) in [5, 5.41) is 28.6. The summed E-state index contributed by atoms with van der Waals surface area (Å²) in [7, 11) is 0. The maximum absolute atomic E-state index is 10.2. The number of rotatable bonds is 5. The average molecular weight is 642 g/mol. The number of benzene rings is 4. The van der Waals surface area contributed by atoms with E-state index in [1.54, 1.807) is 103 Å². The first-order valence-corrected chi connectivity index (χ1v) is 13.1. The van der Waals surface area contributed by atoms with Crippen molar-refractivity contribution in [3.05, 3.63) is 148 Å². The van der Waals surface area contributed by atoms with E-state index in [4.69, 9.17) is 50.1 Å². The number of para-hydroxylation sites is 1. The van der Waals surface area contributed by atoms with Crippen molar-refractivity contribution in [1.29, 1.82) is 0 Å². The van der Waals surface area contributed by atoms with Crippen LogP contribution in [0.15, 0.2) is 115 Å². The molecule has 0 atom stereocenters. The molecule has 1 aromatic heterocycles. The number of nitrogens with zero attached hydrogens (tertiary/aromatic N) is 3. The number of carboxylic acid groups (broad SMARTS) is 3. The lowest BCUT2D eigenvalue weighted by Gasteiger charge is -2.06. The molecule has 0 bridgehead atoms. The van der Waals surface area contributed by atoms with Crippen LogP contribution >= 0.6 is 34.8 Å². The van der Waals surface area contributed by atoms with E-state index in [0.29, 0.717) is 27.4 Å². The van der Waals surface area contributed by atoms with Crippen molar-refractivity contribution < 1.29 is 29.7 Å². The van der Waals surface area contributed by atoms with Crippen LogP contribution in [0.4, 0.5) is 11.6 Å². The Morgan fingerprint density at radius 3 is 1.12 bits per heavy atom. The summed E-state index contributed by atoms with van der Waals surface area (Å²) in [6, 6.07) is 32.1. The van der Waals surface area contributed by atoms with Gasteiger partial charge in [-0.1, -0.05) is 78.3 Å². The Labute approximate surface area is 261 Å². The lowest BCUT2D eigenvalue weighted by Crippen LogP contribution is -1.99. The van der Waals surface area contributed by atoms with E-state index in [9.17, 15) is 14.4 Å². The maximum atomic E-state index is 10.2. The minimum absolute atomic E-state index is 0.0227. The second kappa shape index (κ2) is 18.4. The van der Waals surface area contributed by atoms with Gasteiger partial charge in [0.1, 0.15) is 0 Å². The number of halogens is 3. The summed E-state index contributed by atoms with van der Waals surface area (Å²) in [5.74, 6) is -2.39. The predicted octanol–water partition coefficient (Wildman–Crippen LogP) is 7.73. The minimum atomic E-state index is -0.879. The van der Waals surface area contributed by atoms with Crippen LogP contribution in [-0.2, 0) is 0 Å². The molecule has 0 unspecified atom stereocenters. The Morgan fingerprint density at radius 2 is 0.814 bits per heavy atom. The summed E-state index contributed by atoms with van der Waals surface area (Å²) < 4.78 is 0. The molecule has 0 aliphatic heterocycles. The Morgan fingerprint density at radius 1 is 0.488 bits per heavy atom. The topological polar surface area (TPSA) is 163 Å². The van der Waals surface area contributed by atoms with Gasteiger partial charge in [0.2, 0.25) is 16.5 Å². The van der Waals surface area contributed by atoms with Gasteiger partial charge in [-0.15, -0.1) is 0 Å². The quantitative estimate of drug-likeness (QED) is 0.149. The highest BCUT2D eigenvalue weighted by Crippen LogP contribution is 2.23. The molecule has 0 amide bonds. The van der Waals surface area contributed by atoms with Gasteiger partial charge in [0.05, 0.1) is 27.4 Å². The smallest absolute Gasteiger partial charge is 0.335 e. The number of hydrogen-bond acceptors (Lipinski definition) is 7. The van der Waals surface area contributed by atoms with Crippen LogP contribution in [0.3, 0.4) is 0 Å². The number of anilines is 2. The van der Waals surface area contributed by atoms with Gasteiger partial charge in [-0.3, -0.25) is 0 Å². The number of hydrogen-bond donors (Lipinski definition) is 4. The van der Waals surface area contributed by atoms with Crippen LogP contribution in [0.2, 0.25) is 15.6 Å². The van der Waals surface area contributed by atoms with Crippen LogP contribution in [-0.4, -0.2) is 48.2 Å². The zero-order valence-corrected chi connectivity index (χ0v) is 24.3. The molecule has 13 heteroatoms. The Hall–Kier alpha value is -5.03. The molecule has 0 fully saturated rings. The fourth-order valence-corrected chi connectivity index (χ4v) is 3.35. The standard InChI is InChI=1S/C9H5Cl3N4.3C7H6O2/c10-5-3-1-2-4-6(5)13-9-15-7(11)14-8(12)16-9;3*8-7(9)6-4-2-1-3-5-6/h1-4H,(H,13,14,15,16);3*1-5H,(H,8,9). The summed E-state index contributed by atoms with van der Waals surface area (Å²) in [4.78, 5) is 42.0. The molecular formula is C30H23Cl3N4O6. The van der Waals surface area contributed by atoms with Crippen LogP contribution in [0.1, 0.15) is 31.1 Å². The molecule has 220 valence electrons. The van der Waals surface area contributed by atoms with Gasteiger partial charge in [0.15, 0.2) is 0 Å². The van der Waals surface area contributed by atoms with Gasteiger partial charge in [-0.2, -0.15) is 15.0 Å². The minimum Gasteiger partial charge on any atom is -0.478 e. The molecule has 0 saturated carbocycles. The second-order valence-electron chi connectivity index (χ2n) is 7.82. The summed E-state index contributed by atoms with van der Waals surface area (Å²) in [6.07, 6.45) is 0. The second-order valence-corrected chi connectivity index (χ2v) is 8.90. The highest BCUT2D eigenvalue weighted by molar-refractivity contribution is 6.33. The van der Waals surface area contributed by atoms with Crippen molar-refractivity contribution in [2.75, 3.05) is 5.32 Å². The fourth-order valence-electron chi connectivity index (χ4n) is 2.81. The molecule has 0 saturated heterocycles. The van der Waals surface area contributed by atoms with E-state index in [1.165, 1.54) is 0 Å². The number of aromatic nitrogens is 3. The lowest BCUT2D eigenvalue weighted by molar-refractivity contribution is 0.0686. The third-order valence-corrected chi connectivity index (χ3v) is 5.43. The Balaban J connectivity index is 0.000000209. The van der Waals surface area contributed by atoms with Gasteiger partial charge in [-0.25, -0.2) is 14.4 Å². The van der Waals surface area contributed by atoms with E-state index in [1.807, 2.05) is 12.1 Å². The van der Waals surface area contributed by atoms with E-state index < -0.39 is 17.9 Å². The number of nitrogens with one attached hydrogen (secondary N) is 1. The van der Waals surface area contributed by atoms with Gasteiger partial charge in [0.25, 0.3) is 0 Å². The van der Waals surface area contributed by atoms with Gasteiger partial charge < -0.3 is 20.6 Å². The molecule has 4 aromatic carbocycles. The summed E-state index contributed by atoms with van der Waals surface area (Å²) in [6.45, 7) is 0. The zero-order valence-electron chi connectivity index (χ0n) is 22.0. The van der Waals surface area contributed by atoms with Crippen LogP contribution < -0.4 is 5.32 Å². The average Bonchev–Trinajstić information content (AvgIpc) is 3.00. The van der Waals surface area contributed by atoms with E-state index >= 15 is 0 Å². The molecule has 0 radical (unpaired) electrons. The van der Waals surface area contributed by atoms with Crippen molar-refractivity contribution in [2.24, 2.45) is 0 Å². The SMILES string of the molecule is Clc1nc(Cl)nc(Nc2ccccc2Cl)n1.O=C(O)c1ccccc1.O=C(O)c1ccccc1.O=C(O)c1ccccc1. The first-order chi connectivity index (χ1) is 20.6. The van der Waals surface area contributed by atoms with Crippen molar-refractivity contribution in [3.8, 4) is 0 Å². The van der Waals surface area contributed by atoms with Crippen LogP contribution in [0.5, 0.6) is 0 Å². The van der Waals surface area contributed by atoms with Crippen molar-refractivity contribution in [3.63, 3.8) is 0 Å². The van der Waals surface area contributed by atoms with Crippen LogP contribution in [0, 0.1) is 0 Å². The first kappa shape index (κ1) is 34.2. The van der Waals surface area contributed by atoms with Crippen LogP contribution in [0.25, 0.3) is 0 Å². The Bertz CT molecular complexity index is 1470. The largest absolute Gasteiger partial charge is 0.478 e. The third-order valence-electron chi connectivity index (χ3n) is 4.76. The molecule has 5 rings (SSSR count). The molecule has 0 aliphatic carbocycles. The van der Waals surface area contributed by atoms with E-state index in [0.717, 1.165) is 0 Å². The van der Waals surface area contributed by atoms with Crippen molar-refractivity contribution >= 4 is 64.3 Å². The lowest BCUT2D eigenvalue weighted by atomic mass is 10.2. The maximum Gasteiger partial charge on any atom is 0.335 e. The fraction of sp³-hybridized carbons (Fsp3) is 0. The van der Waals surface area contributed by atoms with E-state index in [2.05, 4.69) is 20.3 Å². The predicted molar refractivity (Wildman–Crippen MR) is 165 cm³/mol. The number of carboxylic acids is 3. The molecule has 5 aromatic rings. The molecule has 0 spiro atoms. The molecular weight excluding hydrogens is 619 g/mol. The first-order valence-electron chi connectivity index (χ1n) is 12.0. The highest BCUT2D eigenvalue weighted by Gasteiger charge is 2.05. The van der Waals surface area contributed by atoms with Crippen molar-refractivity contribution in [1.82, 2.24) is 15.0 Å². The molecule has 10 nitrogen and oxygen atoms in total.